The molecule has 1 aromatic carbocycles. The molecule has 0 saturated carbocycles. The second kappa shape index (κ2) is 8.08. The van der Waals surface area contributed by atoms with Crippen molar-refractivity contribution in [3.63, 3.8) is 0 Å². The molecule has 1 amide bonds. The molecule has 4 heteroatoms. The largest absolute Gasteiger partial charge is 0.481 e. The lowest BCUT2D eigenvalue weighted by Gasteiger charge is -2.01. The Morgan fingerprint density at radius 1 is 1.37 bits per heavy atom. The van der Waals surface area contributed by atoms with Crippen LogP contribution in [0.4, 0.5) is 0 Å². The fraction of sp³-hybridized carbons (Fsp3) is 0.333. The van der Waals surface area contributed by atoms with E-state index in [2.05, 4.69) is 5.32 Å². The summed E-state index contributed by atoms with van der Waals surface area (Å²) in [5, 5.41) is 11.4. The first kappa shape index (κ1) is 15.0. The molecular formula is C15H19NO3. The van der Waals surface area contributed by atoms with Gasteiger partial charge in [0.2, 0.25) is 5.91 Å². The number of carboxylic acids is 1. The van der Waals surface area contributed by atoms with Crippen LogP contribution in [0.5, 0.6) is 0 Å². The van der Waals surface area contributed by atoms with Crippen LogP contribution in [-0.4, -0.2) is 23.5 Å². The minimum atomic E-state index is -0.781. The maximum absolute atomic E-state index is 10.7. The van der Waals surface area contributed by atoms with Crippen LogP contribution in [0, 0.1) is 0 Å². The van der Waals surface area contributed by atoms with Crippen LogP contribution in [0.15, 0.2) is 30.3 Å². The molecule has 0 heterocycles. The maximum Gasteiger partial charge on any atom is 0.303 e. The number of carbonyl (C=O) groups is 2. The first-order valence-electron chi connectivity index (χ1n) is 6.29. The Bertz CT molecular complexity index is 466. The van der Waals surface area contributed by atoms with Crippen molar-refractivity contribution >= 4 is 18.0 Å². The molecule has 0 aromatic heterocycles. The lowest BCUT2D eigenvalue weighted by molar-refractivity contribution is -0.137. The van der Waals surface area contributed by atoms with Gasteiger partial charge in [-0.05, 0) is 24.0 Å². The molecule has 0 fully saturated rings. The number of hydrogen-bond acceptors (Lipinski definition) is 2. The van der Waals surface area contributed by atoms with Crippen LogP contribution < -0.4 is 5.32 Å². The zero-order chi connectivity index (χ0) is 14.1. The van der Waals surface area contributed by atoms with Crippen molar-refractivity contribution in [2.75, 3.05) is 6.54 Å². The highest BCUT2D eigenvalue weighted by Crippen LogP contribution is 2.09. The van der Waals surface area contributed by atoms with Gasteiger partial charge in [-0.15, -0.1) is 0 Å². The highest BCUT2D eigenvalue weighted by atomic mass is 16.4. The summed E-state index contributed by atoms with van der Waals surface area (Å²) >= 11 is 0. The molecule has 102 valence electrons. The van der Waals surface area contributed by atoms with Gasteiger partial charge in [-0.3, -0.25) is 9.59 Å². The Balaban J connectivity index is 2.45. The third-order valence-electron chi connectivity index (χ3n) is 2.57. The van der Waals surface area contributed by atoms with E-state index in [1.165, 1.54) is 6.92 Å². The van der Waals surface area contributed by atoms with Gasteiger partial charge in [0.25, 0.3) is 0 Å². The zero-order valence-electron chi connectivity index (χ0n) is 11.1. The molecule has 1 aromatic rings. The van der Waals surface area contributed by atoms with E-state index in [9.17, 15) is 9.59 Å². The SMILES string of the molecule is CC(=O)NCCC=Cc1cccc(CCC(=O)O)c1. The van der Waals surface area contributed by atoms with Crippen LogP contribution in [-0.2, 0) is 16.0 Å². The van der Waals surface area contributed by atoms with Crippen LogP contribution in [0.25, 0.3) is 6.08 Å². The van der Waals surface area contributed by atoms with Gasteiger partial charge in [0, 0.05) is 19.9 Å². The number of benzene rings is 1. The Morgan fingerprint density at radius 2 is 2.16 bits per heavy atom. The molecule has 0 spiro atoms. The molecule has 0 atom stereocenters. The third-order valence-corrected chi connectivity index (χ3v) is 2.57. The van der Waals surface area contributed by atoms with Gasteiger partial charge in [-0.25, -0.2) is 0 Å². The lowest BCUT2D eigenvalue weighted by atomic mass is 10.1. The van der Waals surface area contributed by atoms with Gasteiger partial charge in [-0.1, -0.05) is 36.4 Å². The number of rotatable bonds is 7. The Labute approximate surface area is 113 Å². The van der Waals surface area contributed by atoms with Crippen LogP contribution >= 0.6 is 0 Å². The second-order valence-electron chi connectivity index (χ2n) is 4.31. The average Bonchev–Trinajstić information content (AvgIpc) is 2.36. The van der Waals surface area contributed by atoms with Crippen molar-refractivity contribution < 1.29 is 14.7 Å². The van der Waals surface area contributed by atoms with E-state index >= 15 is 0 Å². The van der Waals surface area contributed by atoms with Crippen molar-refractivity contribution in [1.29, 1.82) is 0 Å². The average molecular weight is 261 g/mol. The molecule has 0 aliphatic rings. The molecular weight excluding hydrogens is 242 g/mol. The summed E-state index contributed by atoms with van der Waals surface area (Å²) in [5.74, 6) is -0.805. The molecule has 2 N–H and O–H groups in total. The number of aliphatic carboxylic acids is 1. The Morgan fingerprint density at radius 3 is 2.84 bits per heavy atom. The molecule has 0 radical (unpaired) electrons. The normalized spacial score (nSPS) is 10.6. The second-order valence-corrected chi connectivity index (χ2v) is 4.31. The molecule has 0 unspecified atom stereocenters. The minimum absolute atomic E-state index is 0.0240. The summed E-state index contributed by atoms with van der Waals surface area (Å²) in [7, 11) is 0. The number of hydrogen-bond donors (Lipinski definition) is 2. The number of aryl methyl sites for hydroxylation is 1. The van der Waals surface area contributed by atoms with Crippen LogP contribution in [0.3, 0.4) is 0 Å². The van der Waals surface area contributed by atoms with Crippen molar-refractivity contribution in [2.24, 2.45) is 0 Å². The summed E-state index contributed by atoms with van der Waals surface area (Å²) < 4.78 is 0. The van der Waals surface area contributed by atoms with Crippen molar-refractivity contribution in [3.8, 4) is 0 Å². The smallest absolute Gasteiger partial charge is 0.303 e. The van der Waals surface area contributed by atoms with E-state index in [-0.39, 0.29) is 12.3 Å². The predicted molar refractivity (Wildman–Crippen MR) is 74.7 cm³/mol. The van der Waals surface area contributed by atoms with E-state index < -0.39 is 5.97 Å². The number of amides is 1. The fourth-order valence-electron chi connectivity index (χ4n) is 1.65. The van der Waals surface area contributed by atoms with E-state index in [0.717, 1.165) is 17.5 Å². The van der Waals surface area contributed by atoms with Gasteiger partial charge in [0.15, 0.2) is 0 Å². The van der Waals surface area contributed by atoms with Crippen molar-refractivity contribution in [2.45, 2.75) is 26.2 Å². The van der Waals surface area contributed by atoms with Crippen molar-refractivity contribution in [1.82, 2.24) is 5.32 Å². The Hall–Kier alpha value is -2.10. The van der Waals surface area contributed by atoms with E-state index in [1.807, 2.05) is 36.4 Å². The summed E-state index contributed by atoms with van der Waals surface area (Å²) in [5.41, 5.74) is 2.07. The maximum atomic E-state index is 10.7. The minimum Gasteiger partial charge on any atom is -0.481 e. The first-order valence-corrected chi connectivity index (χ1v) is 6.29. The molecule has 1 rings (SSSR count). The van der Waals surface area contributed by atoms with E-state index in [4.69, 9.17) is 5.11 Å². The number of nitrogens with one attached hydrogen (secondary N) is 1. The summed E-state index contributed by atoms with van der Waals surface area (Å²) in [4.78, 5) is 21.2. The van der Waals surface area contributed by atoms with Crippen LogP contribution in [0.2, 0.25) is 0 Å². The third kappa shape index (κ3) is 7.03. The topological polar surface area (TPSA) is 66.4 Å². The number of carboxylic acid groups (broad SMARTS) is 1. The molecule has 0 bridgehead atoms. The Kier molecular flexibility index (Phi) is 6.36. The zero-order valence-corrected chi connectivity index (χ0v) is 11.1. The lowest BCUT2D eigenvalue weighted by Crippen LogP contribution is -2.20. The molecule has 0 saturated heterocycles. The molecule has 4 nitrogen and oxygen atoms in total. The van der Waals surface area contributed by atoms with Crippen LogP contribution in [0.1, 0.15) is 30.9 Å². The fourth-order valence-corrected chi connectivity index (χ4v) is 1.65. The number of carbonyl (C=O) groups excluding carboxylic acids is 1. The predicted octanol–water partition coefficient (Wildman–Crippen LogP) is 2.24. The summed E-state index contributed by atoms with van der Waals surface area (Å²) in [6.07, 6.45) is 5.44. The molecule has 0 aliphatic heterocycles. The summed E-state index contributed by atoms with van der Waals surface area (Å²) in [6, 6.07) is 7.80. The first-order chi connectivity index (χ1) is 9.08. The molecule has 19 heavy (non-hydrogen) atoms. The van der Waals surface area contributed by atoms with Gasteiger partial charge in [0.05, 0.1) is 0 Å². The van der Waals surface area contributed by atoms with Crippen molar-refractivity contribution in [3.05, 3.63) is 41.5 Å². The van der Waals surface area contributed by atoms with Gasteiger partial charge < -0.3 is 10.4 Å². The quantitative estimate of drug-likeness (QED) is 0.740. The van der Waals surface area contributed by atoms with Gasteiger partial charge in [0.1, 0.15) is 0 Å². The monoisotopic (exact) mass is 261 g/mol. The van der Waals surface area contributed by atoms with Gasteiger partial charge >= 0.3 is 5.97 Å². The highest BCUT2D eigenvalue weighted by molar-refractivity contribution is 5.72. The summed E-state index contributed by atoms with van der Waals surface area (Å²) in [6.45, 7) is 2.13. The highest BCUT2D eigenvalue weighted by Gasteiger charge is 1.99. The van der Waals surface area contributed by atoms with E-state index in [1.54, 1.807) is 0 Å². The van der Waals surface area contributed by atoms with Gasteiger partial charge in [-0.2, -0.15) is 0 Å². The molecule has 0 aliphatic carbocycles. The standard InChI is InChI=1S/C15H19NO3/c1-12(17)16-10-3-2-5-13-6-4-7-14(11-13)8-9-15(18)19/h2,4-7,11H,3,8-10H2,1H3,(H,16,17)(H,18,19). The van der Waals surface area contributed by atoms with E-state index in [0.29, 0.717) is 13.0 Å².